The Morgan fingerprint density at radius 3 is 2.94 bits per heavy atom. The summed E-state index contributed by atoms with van der Waals surface area (Å²) in [5, 5.41) is 3.68. The quantitative estimate of drug-likeness (QED) is 0.642. The molecular formula is C13H12N2OS. The van der Waals surface area contributed by atoms with Crippen LogP contribution in [0.4, 0.5) is 5.69 Å². The summed E-state index contributed by atoms with van der Waals surface area (Å²) in [5.74, 6) is 2.32. The lowest BCUT2D eigenvalue weighted by atomic mass is 10.2. The van der Waals surface area contributed by atoms with Gasteiger partial charge in [0.1, 0.15) is 4.88 Å². The zero-order valence-electron chi connectivity index (χ0n) is 9.19. The first kappa shape index (κ1) is 11.5. The Hall–Kier alpha value is -1.99. The van der Waals surface area contributed by atoms with Crippen LogP contribution in [-0.4, -0.2) is 12.5 Å². The van der Waals surface area contributed by atoms with Crippen LogP contribution >= 0.6 is 11.3 Å². The monoisotopic (exact) mass is 244 g/mol. The van der Waals surface area contributed by atoms with E-state index in [0.29, 0.717) is 23.5 Å². The van der Waals surface area contributed by atoms with Gasteiger partial charge in [0.2, 0.25) is 0 Å². The third-order valence-corrected chi connectivity index (χ3v) is 3.58. The Labute approximate surface area is 104 Å². The van der Waals surface area contributed by atoms with Gasteiger partial charge in [-0.2, -0.15) is 0 Å². The van der Waals surface area contributed by atoms with Crippen molar-refractivity contribution in [3.05, 3.63) is 29.1 Å². The minimum atomic E-state index is -0.154. The number of benzene rings is 1. The molecule has 3 nitrogen and oxygen atoms in total. The van der Waals surface area contributed by atoms with Crippen LogP contribution in [0.2, 0.25) is 0 Å². The van der Waals surface area contributed by atoms with Crippen molar-refractivity contribution in [2.45, 2.75) is 6.42 Å². The number of carbonyl (C=O) groups excluding carboxylic acids is 1. The number of nitrogens with one attached hydrogen (secondary N) is 1. The number of thiophene rings is 1. The van der Waals surface area contributed by atoms with Crippen molar-refractivity contribution in [1.82, 2.24) is 5.32 Å². The molecule has 0 fully saturated rings. The summed E-state index contributed by atoms with van der Waals surface area (Å²) in [4.78, 5) is 12.4. The maximum atomic E-state index is 11.9. The summed E-state index contributed by atoms with van der Waals surface area (Å²) in [6.45, 7) is 0.475. The highest BCUT2D eigenvalue weighted by Crippen LogP contribution is 2.33. The molecule has 17 heavy (non-hydrogen) atoms. The average molecular weight is 244 g/mol. The van der Waals surface area contributed by atoms with Gasteiger partial charge in [-0.25, -0.2) is 0 Å². The van der Waals surface area contributed by atoms with E-state index in [1.54, 1.807) is 0 Å². The lowest BCUT2D eigenvalue weighted by Gasteiger charge is -2.01. The average Bonchev–Trinajstić information content (AvgIpc) is 2.68. The smallest absolute Gasteiger partial charge is 0.263 e. The minimum absolute atomic E-state index is 0.154. The fourth-order valence-electron chi connectivity index (χ4n) is 1.56. The van der Waals surface area contributed by atoms with E-state index in [1.807, 2.05) is 24.3 Å². The summed E-state index contributed by atoms with van der Waals surface area (Å²) in [5.41, 5.74) is 6.50. The number of hydrogen-bond donors (Lipinski definition) is 2. The van der Waals surface area contributed by atoms with E-state index >= 15 is 0 Å². The molecule has 1 heterocycles. The molecular weight excluding hydrogens is 232 g/mol. The van der Waals surface area contributed by atoms with Crippen molar-refractivity contribution >= 4 is 33.0 Å². The second-order valence-electron chi connectivity index (χ2n) is 3.55. The van der Waals surface area contributed by atoms with Crippen LogP contribution in [0.15, 0.2) is 24.3 Å². The van der Waals surface area contributed by atoms with Crippen molar-refractivity contribution < 1.29 is 4.79 Å². The number of hydrogen-bond acceptors (Lipinski definition) is 3. The van der Waals surface area contributed by atoms with Gasteiger partial charge in [-0.1, -0.05) is 18.2 Å². The SMILES string of the molecule is C#CCCNC(=O)c1sc2ccccc2c1N. The third kappa shape index (κ3) is 2.24. The molecule has 1 amide bonds. The summed E-state index contributed by atoms with van der Waals surface area (Å²) < 4.78 is 1.02. The van der Waals surface area contributed by atoms with E-state index in [2.05, 4.69) is 11.2 Å². The maximum Gasteiger partial charge on any atom is 0.263 e. The van der Waals surface area contributed by atoms with Crippen LogP contribution in [-0.2, 0) is 0 Å². The van der Waals surface area contributed by atoms with Gasteiger partial charge in [0.05, 0.1) is 5.69 Å². The molecule has 2 rings (SSSR count). The molecule has 1 aromatic heterocycles. The molecule has 0 bridgehead atoms. The molecule has 0 saturated heterocycles. The Morgan fingerprint density at radius 1 is 1.47 bits per heavy atom. The molecule has 3 N–H and O–H groups in total. The first-order valence-corrected chi connectivity index (χ1v) is 6.04. The highest BCUT2D eigenvalue weighted by atomic mass is 32.1. The molecule has 0 saturated carbocycles. The predicted octanol–water partition coefficient (Wildman–Crippen LogP) is 2.24. The highest BCUT2D eigenvalue weighted by Gasteiger charge is 2.15. The van der Waals surface area contributed by atoms with Gasteiger partial charge in [0, 0.05) is 23.1 Å². The summed E-state index contributed by atoms with van der Waals surface area (Å²) in [6, 6.07) is 7.71. The largest absolute Gasteiger partial charge is 0.397 e. The first-order chi connectivity index (χ1) is 8.24. The van der Waals surface area contributed by atoms with Crippen LogP contribution < -0.4 is 11.1 Å². The number of nitrogen functional groups attached to an aromatic ring is 1. The number of anilines is 1. The van der Waals surface area contributed by atoms with Gasteiger partial charge in [0.15, 0.2) is 0 Å². The van der Waals surface area contributed by atoms with E-state index < -0.39 is 0 Å². The second kappa shape index (κ2) is 4.89. The third-order valence-electron chi connectivity index (χ3n) is 2.39. The second-order valence-corrected chi connectivity index (χ2v) is 4.60. The fraction of sp³-hybridized carbons (Fsp3) is 0.154. The minimum Gasteiger partial charge on any atom is -0.397 e. The Kier molecular flexibility index (Phi) is 3.31. The molecule has 0 aliphatic rings. The van der Waals surface area contributed by atoms with E-state index in [-0.39, 0.29) is 5.91 Å². The van der Waals surface area contributed by atoms with Gasteiger partial charge in [-0.05, 0) is 6.07 Å². The first-order valence-electron chi connectivity index (χ1n) is 5.22. The molecule has 4 heteroatoms. The van der Waals surface area contributed by atoms with Crippen LogP contribution in [0.1, 0.15) is 16.1 Å². The van der Waals surface area contributed by atoms with Crippen molar-refractivity contribution in [1.29, 1.82) is 0 Å². The van der Waals surface area contributed by atoms with E-state index in [0.717, 1.165) is 10.1 Å². The van der Waals surface area contributed by atoms with Crippen molar-refractivity contribution in [3.8, 4) is 12.3 Å². The number of amides is 1. The van der Waals surface area contributed by atoms with Crippen LogP contribution in [0.3, 0.4) is 0 Å². The molecule has 1 aromatic carbocycles. The van der Waals surface area contributed by atoms with E-state index in [4.69, 9.17) is 12.2 Å². The predicted molar refractivity (Wildman–Crippen MR) is 72.0 cm³/mol. The van der Waals surface area contributed by atoms with Gasteiger partial charge in [0.25, 0.3) is 5.91 Å². The molecule has 2 aromatic rings. The van der Waals surface area contributed by atoms with Gasteiger partial charge in [-0.15, -0.1) is 23.7 Å². The van der Waals surface area contributed by atoms with Crippen LogP contribution in [0, 0.1) is 12.3 Å². The number of rotatable bonds is 3. The summed E-state index contributed by atoms with van der Waals surface area (Å²) in [6.07, 6.45) is 5.65. The van der Waals surface area contributed by atoms with Gasteiger partial charge >= 0.3 is 0 Å². The maximum absolute atomic E-state index is 11.9. The number of fused-ring (bicyclic) bond motifs is 1. The molecule has 0 radical (unpaired) electrons. The normalized spacial score (nSPS) is 10.1. The number of terminal acetylenes is 1. The zero-order chi connectivity index (χ0) is 12.3. The lowest BCUT2D eigenvalue weighted by Crippen LogP contribution is -2.23. The van der Waals surface area contributed by atoms with Crippen LogP contribution in [0.5, 0.6) is 0 Å². The summed E-state index contributed by atoms with van der Waals surface area (Å²) >= 11 is 1.40. The highest BCUT2D eigenvalue weighted by molar-refractivity contribution is 7.21. The van der Waals surface area contributed by atoms with Crippen molar-refractivity contribution in [2.24, 2.45) is 0 Å². The standard InChI is InChI=1S/C13H12N2OS/c1-2-3-8-15-13(16)12-11(14)9-6-4-5-7-10(9)17-12/h1,4-7H,3,8,14H2,(H,15,16). The molecule has 86 valence electrons. The van der Waals surface area contributed by atoms with Crippen molar-refractivity contribution in [3.63, 3.8) is 0 Å². The molecule has 0 atom stereocenters. The molecule has 0 unspecified atom stereocenters. The Morgan fingerprint density at radius 2 is 2.24 bits per heavy atom. The fourth-order valence-corrected chi connectivity index (χ4v) is 2.60. The lowest BCUT2D eigenvalue weighted by molar-refractivity contribution is 0.0959. The number of carbonyl (C=O) groups is 1. The zero-order valence-corrected chi connectivity index (χ0v) is 10.0. The van der Waals surface area contributed by atoms with Crippen molar-refractivity contribution in [2.75, 3.05) is 12.3 Å². The Bertz CT molecular complexity index is 595. The molecule has 0 aliphatic heterocycles. The molecule has 0 spiro atoms. The Balaban J connectivity index is 2.27. The topological polar surface area (TPSA) is 55.1 Å². The number of nitrogens with two attached hydrogens (primary N) is 1. The van der Waals surface area contributed by atoms with Gasteiger partial charge < -0.3 is 11.1 Å². The van der Waals surface area contributed by atoms with E-state index in [1.165, 1.54) is 11.3 Å². The summed E-state index contributed by atoms with van der Waals surface area (Å²) in [7, 11) is 0. The van der Waals surface area contributed by atoms with E-state index in [9.17, 15) is 4.79 Å². The molecule has 0 aliphatic carbocycles. The van der Waals surface area contributed by atoms with Crippen LogP contribution in [0.25, 0.3) is 10.1 Å². The van der Waals surface area contributed by atoms with Gasteiger partial charge in [-0.3, -0.25) is 4.79 Å².